The Hall–Kier alpha value is -3.05. The van der Waals surface area contributed by atoms with Crippen molar-refractivity contribution >= 4 is 22.9 Å². The highest BCUT2D eigenvalue weighted by atomic mass is 16.5. The zero-order valence-corrected chi connectivity index (χ0v) is 14.0. The van der Waals surface area contributed by atoms with Crippen LogP contribution in [-0.2, 0) is 4.74 Å². The third-order valence-electron chi connectivity index (χ3n) is 4.31. The number of ether oxygens (including phenoxy) is 1. The lowest BCUT2D eigenvalue weighted by Gasteiger charge is -2.14. The van der Waals surface area contributed by atoms with Crippen molar-refractivity contribution in [2.45, 2.75) is 25.2 Å². The second-order valence-electron chi connectivity index (χ2n) is 5.96. The number of aliphatic hydroxyl groups excluding tert-OH is 1. The molecule has 1 amide bonds. The van der Waals surface area contributed by atoms with Crippen molar-refractivity contribution < 1.29 is 14.6 Å². The topological polar surface area (TPSA) is 146 Å². The number of hydrogen-bond acceptors (Lipinski definition) is 8. The Morgan fingerprint density at radius 3 is 3.04 bits per heavy atom. The van der Waals surface area contributed by atoms with Gasteiger partial charge in [0.05, 0.1) is 30.8 Å². The van der Waals surface area contributed by atoms with Crippen LogP contribution in [0.15, 0.2) is 18.7 Å². The molecule has 4 N–H and O–H groups in total. The summed E-state index contributed by atoms with van der Waals surface area (Å²) in [6, 6.07) is 0. The van der Waals surface area contributed by atoms with Crippen LogP contribution in [0.2, 0.25) is 0 Å². The number of carbonyl (C=O) groups excluding carboxylic acids is 1. The number of imidazole rings is 1. The Morgan fingerprint density at radius 1 is 1.46 bits per heavy atom. The molecule has 4 rings (SSSR count). The van der Waals surface area contributed by atoms with Crippen LogP contribution in [-0.4, -0.2) is 60.1 Å². The second-order valence-corrected chi connectivity index (χ2v) is 5.96. The summed E-state index contributed by atoms with van der Waals surface area (Å²) < 4.78 is 8.95. The van der Waals surface area contributed by atoms with Gasteiger partial charge in [-0.2, -0.15) is 15.1 Å². The molecule has 11 nitrogen and oxygen atoms in total. The first-order valence-electron chi connectivity index (χ1n) is 8.14. The zero-order valence-electron chi connectivity index (χ0n) is 14.0. The first-order chi connectivity index (χ1) is 12.6. The minimum atomic E-state index is -0.279. The van der Waals surface area contributed by atoms with Gasteiger partial charge < -0.3 is 20.9 Å². The molecule has 0 aromatic carbocycles. The minimum Gasteiger partial charge on any atom is -0.394 e. The van der Waals surface area contributed by atoms with Crippen molar-refractivity contribution in [3.05, 3.63) is 24.3 Å². The normalized spacial score (nSPS) is 19.9. The van der Waals surface area contributed by atoms with Crippen LogP contribution in [0.4, 0.5) is 5.82 Å². The molecule has 3 aromatic rings. The average Bonchev–Trinajstić information content (AvgIpc) is 3.38. The molecule has 0 unspecified atom stereocenters. The molecular formula is C15H18N8O3. The Labute approximate surface area is 147 Å². The number of nitrogen functional groups attached to an aromatic ring is 1. The fourth-order valence-corrected chi connectivity index (χ4v) is 2.96. The van der Waals surface area contributed by atoms with Crippen LogP contribution in [0.25, 0.3) is 17.1 Å². The Bertz CT molecular complexity index is 965. The van der Waals surface area contributed by atoms with Crippen molar-refractivity contribution in [2.75, 3.05) is 19.4 Å². The van der Waals surface area contributed by atoms with Crippen LogP contribution >= 0.6 is 0 Å². The molecule has 26 heavy (non-hydrogen) atoms. The van der Waals surface area contributed by atoms with E-state index in [1.165, 1.54) is 17.1 Å². The maximum absolute atomic E-state index is 11.7. The highest BCUT2D eigenvalue weighted by molar-refractivity contribution is 5.93. The molecule has 1 aliphatic rings. The lowest BCUT2D eigenvalue weighted by atomic mass is 10.2. The van der Waals surface area contributed by atoms with Gasteiger partial charge in [0.25, 0.3) is 11.9 Å². The number of nitrogens with zero attached hydrogens (tertiary/aromatic N) is 6. The fraction of sp³-hybridized carbons (Fsp3) is 0.400. The standard InChI is InChI=1S/C15H18N8O3/c1-17-14(25)8-4-19-23(5-8)15-20-12(16)11-13(21-15)22(7-18-11)10-3-2-9(6-24)26-10/h4-5,7,9-10,24H,2-3,6H2,1H3,(H,17,25)(H2,16,20,21)/t9-,10+/m0/s1. The van der Waals surface area contributed by atoms with Crippen molar-refractivity contribution in [3.8, 4) is 5.95 Å². The number of aromatic nitrogens is 6. The molecule has 11 heteroatoms. The predicted molar refractivity (Wildman–Crippen MR) is 90.5 cm³/mol. The third-order valence-corrected chi connectivity index (χ3v) is 4.31. The Balaban J connectivity index is 1.74. The van der Waals surface area contributed by atoms with Crippen LogP contribution < -0.4 is 11.1 Å². The van der Waals surface area contributed by atoms with E-state index in [2.05, 4.69) is 25.4 Å². The van der Waals surface area contributed by atoms with Gasteiger partial charge in [-0.25, -0.2) is 9.67 Å². The fourth-order valence-electron chi connectivity index (χ4n) is 2.96. The van der Waals surface area contributed by atoms with Gasteiger partial charge in [0, 0.05) is 13.2 Å². The second kappa shape index (κ2) is 6.35. The van der Waals surface area contributed by atoms with Gasteiger partial charge in [0.1, 0.15) is 11.7 Å². The number of carbonyl (C=O) groups is 1. The Kier molecular flexibility index (Phi) is 4.01. The lowest BCUT2D eigenvalue weighted by Crippen LogP contribution is -2.17. The van der Waals surface area contributed by atoms with Gasteiger partial charge in [-0.05, 0) is 12.8 Å². The molecule has 4 heterocycles. The summed E-state index contributed by atoms with van der Waals surface area (Å²) in [5.41, 5.74) is 7.38. The minimum absolute atomic E-state index is 0.0267. The van der Waals surface area contributed by atoms with E-state index in [4.69, 9.17) is 10.5 Å². The molecule has 2 atom stereocenters. The van der Waals surface area contributed by atoms with Crippen LogP contribution in [0.5, 0.6) is 0 Å². The molecule has 1 fully saturated rings. The van der Waals surface area contributed by atoms with Crippen molar-refractivity contribution in [2.24, 2.45) is 0 Å². The van der Waals surface area contributed by atoms with Gasteiger partial charge in [0.2, 0.25) is 0 Å². The van der Waals surface area contributed by atoms with Gasteiger partial charge in [-0.1, -0.05) is 0 Å². The highest BCUT2D eigenvalue weighted by Crippen LogP contribution is 2.31. The first-order valence-corrected chi connectivity index (χ1v) is 8.14. The van der Waals surface area contributed by atoms with Crippen LogP contribution in [0.3, 0.4) is 0 Å². The van der Waals surface area contributed by atoms with E-state index in [9.17, 15) is 9.90 Å². The summed E-state index contributed by atoms with van der Waals surface area (Å²) in [4.78, 5) is 24.7. The zero-order chi connectivity index (χ0) is 18.3. The van der Waals surface area contributed by atoms with E-state index < -0.39 is 0 Å². The summed E-state index contributed by atoms with van der Waals surface area (Å²) in [5, 5.41) is 15.9. The number of nitrogens with one attached hydrogen (secondary N) is 1. The van der Waals surface area contributed by atoms with E-state index >= 15 is 0 Å². The van der Waals surface area contributed by atoms with E-state index in [1.807, 2.05) is 0 Å². The number of nitrogens with two attached hydrogens (primary N) is 1. The van der Waals surface area contributed by atoms with Crippen LogP contribution in [0.1, 0.15) is 29.4 Å². The number of aliphatic hydroxyl groups is 1. The van der Waals surface area contributed by atoms with E-state index in [0.717, 1.165) is 12.8 Å². The largest absolute Gasteiger partial charge is 0.394 e. The van der Waals surface area contributed by atoms with Crippen LogP contribution in [0, 0.1) is 0 Å². The molecule has 0 radical (unpaired) electrons. The SMILES string of the molecule is CNC(=O)c1cnn(-c2nc(N)c3ncn([C@H]4CC[C@@H](CO)O4)c3n2)c1. The molecule has 3 aromatic heterocycles. The molecule has 136 valence electrons. The number of amides is 1. The number of hydrogen-bond donors (Lipinski definition) is 3. The Morgan fingerprint density at radius 2 is 2.31 bits per heavy atom. The van der Waals surface area contributed by atoms with Crippen molar-refractivity contribution in [3.63, 3.8) is 0 Å². The lowest BCUT2D eigenvalue weighted by molar-refractivity contribution is -0.0207. The number of anilines is 1. The predicted octanol–water partition coefficient (Wildman–Crippen LogP) is -0.376. The quantitative estimate of drug-likeness (QED) is 0.572. The monoisotopic (exact) mass is 358 g/mol. The summed E-state index contributed by atoms with van der Waals surface area (Å²) in [6.07, 6.45) is 5.56. The van der Waals surface area contributed by atoms with E-state index in [1.54, 1.807) is 17.9 Å². The van der Waals surface area contributed by atoms with Gasteiger partial charge in [0.15, 0.2) is 11.5 Å². The summed E-state index contributed by atoms with van der Waals surface area (Å²) >= 11 is 0. The maximum Gasteiger partial charge on any atom is 0.254 e. The molecule has 0 bridgehead atoms. The first kappa shape index (κ1) is 16.4. The van der Waals surface area contributed by atoms with Gasteiger partial charge >= 0.3 is 0 Å². The molecule has 1 saturated heterocycles. The third kappa shape index (κ3) is 2.66. The van der Waals surface area contributed by atoms with E-state index in [-0.39, 0.29) is 36.6 Å². The molecule has 0 aliphatic carbocycles. The van der Waals surface area contributed by atoms with Crippen molar-refractivity contribution in [1.82, 2.24) is 34.6 Å². The highest BCUT2D eigenvalue weighted by Gasteiger charge is 2.28. The van der Waals surface area contributed by atoms with Gasteiger partial charge in [-0.15, -0.1) is 0 Å². The van der Waals surface area contributed by atoms with E-state index in [0.29, 0.717) is 16.7 Å². The van der Waals surface area contributed by atoms with Crippen molar-refractivity contribution in [1.29, 1.82) is 0 Å². The summed E-state index contributed by atoms with van der Waals surface area (Å²) in [6.45, 7) is -0.0267. The number of rotatable bonds is 4. The summed E-state index contributed by atoms with van der Waals surface area (Å²) in [7, 11) is 1.54. The molecule has 0 spiro atoms. The van der Waals surface area contributed by atoms with Gasteiger partial charge in [-0.3, -0.25) is 9.36 Å². The molecular weight excluding hydrogens is 340 g/mol. The molecule has 1 aliphatic heterocycles. The maximum atomic E-state index is 11.7. The average molecular weight is 358 g/mol. The summed E-state index contributed by atoms with van der Waals surface area (Å²) in [5.74, 6) is 0.172. The molecule has 0 saturated carbocycles. The number of fused-ring (bicyclic) bond motifs is 1. The smallest absolute Gasteiger partial charge is 0.254 e.